The molecule has 3 N–H and O–H groups in total. The van der Waals surface area contributed by atoms with Crippen LogP contribution in [-0.2, 0) is 23.8 Å². The molecule has 8 atom stereocenters. The zero-order chi connectivity index (χ0) is 22.4. The number of cyclic esters (lactones) is 1. The SMILES string of the molecule is CCCCC(O)/C=C/C(=O)OC1C(C)OC(=O)C(C)C(O)C(C)(OC)C(O)C1C. The molecule has 0 radical (unpaired) electrons. The Balaban J connectivity index is 3.07. The number of carbonyl (C=O) groups excluding carboxylic acids is 2. The third-order valence-corrected chi connectivity index (χ3v) is 5.80. The lowest BCUT2D eigenvalue weighted by atomic mass is 9.78. The lowest BCUT2D eigenvalue weighted by Crippen LogP contribution is -2.58. The lowest BCUT2D eigenvalue weighted by Gasteiger charge is -2.41. The molecule has 0 spiro atoms. The number of carbonyl (C=O) groups is 2. The number of rotatable bonds is 7. The number of esters is 2. The van der Waals surface area contributed by atoms with Crippen LogP contribution in [0.3, 0.4) is 0 Å². The molecule has 29 heavy (non-hydrogen) atoms. The third kappa shape index (κ3) is 6.25. The van der Waals surface area contributed by atoms with Crippen molar-refractivity contribution in [2.45, 2.75) is 90.0 Å². The van der Waals surface area contributed by atoms with E-state index in [4.69, 9.17) is 14.2 Å². The smallest absolute Gasteiger partial charge is 0.330 e. The average molecular weight is 417 g/mol. The van der Waals surface area contributed by atoms with E-state index in [0.29, 0.717) is 6.42 Å². The maximum atomic E-state index is 12.4. The van der Waals surface area contributed by atoms with Crippen LogP contribution in [0.25, 0.3) is 0 Å². The summed E-state index contributed by atoms with van der Waals surface area (Å²) in [6.45, 7) is 8.19. The topological polar surface area (TPSA) is 123 Å². The van der Waals surface area contributed by atoms with Crippen LogP contribution < -0.4 is 0 Å². The van der Waals surface area contributed by atoms with Crippen molar-refractivity contribution in [2.24, 2.45) is 11.8 Å². The molecule has 0 aromatic rings. The molecule has 0 bridgehead atoms. The van der Waals surface area contributed by atoms with Crippen molar-refractivity contribution >= 4 is 11.9 Å². The summed E-state index contributed by atoms with van der Waals surface area (Å²) in [5, 5.41) is 31.4. The van der Waals surface area contributed by atoms with Gasteiger partial charge in [0.05, 0.1) is 24.2 Å². The van der Waals surface area contributed by atoms with Gasteiger partial charge in [0.2, 0.25) is 0 Å². The Hall–Kier alpha value is -1.48. The number of aliphatic hydroxyl groups is 3. The number of ether oxygens (including phenoxy) is 3. The van der Waals surface area contributed by atoms with Gasteiger partial charge in [-0.1, -0.05) is 26.7 Å². The lowest BCUT2D eigenvalue weighted by molar-refractivity contribution is -0.192. The summed E-state index contributed by atoms with van der Waals surface area (Å²) in [5.74, 6) is -3.07. The molecule has 0 aromatic heterocycles. The number of hydrogen-bond acceptors (Lipinski definition) is 8. The van der Waals surface area contributed by atoms with Crippen LogP contribution in [0.1, 0.15) is 53.9 Å². The molecule has 1 saturated heterocycles. The van der Waals surface area contributed by atoms with Gasteiger partial charge in [0, 0.05) is 19.1 Å². The molecule has 0 aromatic carbocycles. The van der Waals surface area contributed by atoms with Crippen molar-refractivity contribution < 1.29 is 39.1 Å². The Labute approximate surface area is 172 Å². The Morgan fingerprint density at radius 3 is 2.45 bits per heavy atom. The van der Waals surface area contributed by atoms with Gasteiger partial charge in [-0.25, -0.2) is 4.79 Å². The van der Waals surface area contributed by atoms with Gasteiger partial charge in [-0.3, -0.25) is 4.79 Å². The Kier molecular flexibility index (Phi) is 9.75. The minimum Gasteiger partial charge on any atom is -0.458 e. The van der Waals surface area contributed by atoms with Crippen molar-refractivity contribution in [3.63, 3.8) is 0 Å². The van der Waals surface area contributed by atoms with Crippen molar-refractivity contribution in [2.75, 3.05) is 7.11 Å². The fraction of sp³-hybridized carbons (Fsp3) is 0.810. The van der Waals surface area contributed by atoms with Crippen molar-refractivity contribution in [1.29, 1.82) is 0 Å². The molecule has 1 rings (SSSR count). The molecule has 0 aliphatic carbocycles. The van der Waals surface area contributed by atoms with Crippen LogP contribution in [0.5, 0.6) is 0 Å². The van der Waals surface area contributed by atoms with Gasteiger partial charge in [-0.2, -0.15) is 0 Å². The Morgan fingerprint density at radius 2 is 1.90 bits per heavy atom. The molecule has 168 valence electrons. The summed E-state index contributed by atoms with van der Waals surface area (Å²) in [6.07, 6.45) is -0.388. The molecule has 8 heteroatoms. The molecule has 1 aliphatic rings. The largest absolute Gasteiger partial charge is 0.458 e. The van der Waals surface area contributed by atoms with Crippen LogP contribution in [0, 0.1) is 11.8 Å². The van der Waals surface area contributed by atoms with Gasteiger partial charge in [0.25, 0.3) is 0 Å². The molecule has 1 fully saturated rings. The second kappa shape index (κ2) is 11.1. The van der Waals surface area contributed by atoms with Crippen molar-refractivity contribution in [3.05, 3.63) is 12.2 Å². The van der Waals surface area contributed by atoms with Gasteiger partial charge in [-0.15, -0.1) is 0 Å². The monoisotopic (exact) mass is 416 g/mol. The highest BCUT2D eigenvalue weighted by atomic mass is 16.6. The normalized spacial score (nSPS) is 37.3. The highest BCUT2D eigenvalue weighted by Gasteiger charge is 2.52. The first-order chi connectivity index (χ1) is 13.5. The third-order valence-electron chi connectivity index (χ3n) is 5.80. The second-order valence-corrected chi connectivity index (χ2v) is 8.04. The van der Waals surface area contributed by atoms with Crippen LogP contribution in [0.4, 0.5) is 0 Å². The fourth-order valence-electron chi connectivity index (χ4n) is 3.60. The second-order valence-electron chi connectivity index (χ2n) is 8.04. The number of methoxy groups -OCH3 is 1. The molecule has 1 heterocycles. The number of unbranched alkanes of at least 4 members (excludes halogenated alkanes) is 1. The van der Waals surface area contributed by atoms with E-state index in [1.54, 1.807) is 13.8 Å². The predicted molar refractivity (Wildman–Crippen MR) is 106 cm³/mol. The van der Waals surface area contributed by atoms with Gasteiger partial charge >= 0.3 is 11.9 Å². The first kappa shape index (κ1) is 25.6. The fourth-order valence-corrected chi connectivity index (χ4v) is 3.60. The minimum atomic E-state index is -1.47. The van der Waals surface area contributed by atoms with Gasteiger partial charge < -0.3 is 29.5 Å². The number of hydrogen-bond donors (Lipinski definition) is 3. The average Bonchev–Trinajstić information content (AvgIpc) is 2.71. The number of aliphatic hydroxyl groups excluding tert-OH is 3. The predicted octanol–water partition coefficient (Wildman–Crippen LogP) is 1.35. The maximum absolute atomic E-state index is 12.4. The van der Waals surface area contributed by atoms with E-state index in [0.717, 1.165) is 18.9 Å². The van der Waals surface area contributed by atoms with Crippen LogP contribution in [-0.4, -0.2) is 70.5 Å². The first-order valence-corrected chi connectivity index (χ1v) is 10.2. The molecule has 8 unspecified atom stereocenters. The highest BCUT2D eigenvalue weighted by Crippen LogP contribution is 2.34. The molecular weight excluding hydrogens is 380 g/mol. The summed E-state index contributed by atoms with van der Waals surface area (Å²) in [4.78, 5) is 24.7. The van der Waals surface area contributed by atoms with E-state index >= 15 is 0 Å². The molecule has 8 nitrogen and oxygen atoms in total. The van der Waals surface area contributed by atoms with Crippen molar-refractivity contribution in [1.82, 2.24) is 0 Å². The summed E-state index contributed by atoms with van der Waals surface area (Å²) in [7, 11) is 1.33. The summed E-state index contributed by atoms with van der Waals surface area (Å²) in [6, 6.07) is 0. The molecule has 1 aliphatic heterocycles. The van der Waals surface area contributed by atoms with E-state index in [1.807, 2.05) is 6.92 Å². The Morgan fingerprint density at radius 1 is 1.28 bits per heavy atom. The van der Waals surface area contributed by atoms with Crippen LogP contribution in [0.2, 0.25) is 0 Å². The molecular formula is C21H36O8. The van der Waals surface area contributed by atoms with E-state index in [2.05, 4.69) is 0 Å². The van der Waals surface area contributed by atoms with E-state index < -0.39 is 59.9 Å². The van der Waals surface area contributed by atoms with Crippen LogP contribution >= 0.6 is 0 Å². The van der Waals surface area contributed by atoms with E-state index in [1.165, 1.54) is 27.0 Å². The van der Waals surface area contributed by atoms with Crippen molar-refractivity contribution in [3.8, 4) is 0 Å². The van der Waals surface area contributed by atoms with Gasteiger partial charge in [0.15, 0.2) is 0 Å². The van der Waals surface area contributed by atoms with Crippen LogP contribution in [0.15, 0.2) is 12.2 Å². The Bertz CT molecular complexity index is 577. The minimum absolute atomic E-state index is 0.537. The quantitative estimate of drug-likeness (QED) is 0.420. The van der Waals surface area contributed by atoms with E-state index in [-0.39, 0.29) is 0 Å². The zero-order valence-electron chi connectivity index (χ0n) is 18.2. The summed E-state index contributed by atoms with van der Waals surface area (Å²) >= 11 is 0. The highest BCUT2D eigenvalue weighted by molar-refractivity contribution is 5.82. The van der Waals surface area contributed by atoms with Gasteiger partial charge in [0.1, 0.15) is 17.8 Å². The maximum Gasteiger partial charge on any atom is 0.330 e. The van der Waals surface area contributed by atoms with Gasteiger partial charge in [-0.05, 0) is 33.3 Å². The zero-order valence-corrected chi connectivity index (χ0v) is 18.2. The molecule has 0 amide bonds. The standard InChI is InChI=1S/C21H36O8/c1-7-8-9-15(22)10-11-16(23)29-17-12(2)18(24)21(5,27-6)19(25)13(3)20(26)28-14(17)4/h10-15,17-19,22,24-25H,7-9H2,1-6H3/b11-10+. The van der Waals surface area contributed by atoms with E-state index in [9.17, 15) is 24.9 Å². The first-order valence-electron chi connectivity index (χ1n) is 10.2. The summed E-state index contributed by atoms with van der Waals surface area (Å²) < 4.78 is 16.3. The summed E-state index contributed by atoms with van der Waals surface area (Å²) in [5.41, 5.74) is -1.47. The molecule has 0 saturated carbocycles.